The Bertz CT molecular complexity index is 494. The number of fused-ring (bicyclic) bond motifs is 1. The molecule has 0 bridgehead atoms. The molecule has 1 aromatic carbocycles. The highest BCUT2D eigenvalue weighted by molar-refractivity contribution is 5.85. The summed E-state index contributed by atoms with van der Waals surface area (Å²) < 4.78 is 0. The van der Waals surface area contributed by atoms with E-state index in [1.165, 1.54) is 42.4 Å². The Morgan fingerprint density at radius 1 is 0.882 bits per heavy atom. The Hall–Kier alpha value is -1.34. The van der Waals surface area contributed by atoms with E-state index in [0.29, 0.717) is 0 Å². The van der Waals surface area contributed by atoms with Crippen LogP contribution in [0.3, 0.4) is 0 Å². The van der Waals surface area contributed by atoms with Gasteiger partial charge in [0, 0.05) is 12.4 Å². The molecule has 0 N–H and O–H groups in total. The van der Waals surface area contributed by atoms with Crippen molar-refractivity contribution in [2.45, 2.75) is 25.7 Å². The summed E-state index contributed by atoms with van der Waals surface area (Å²) in [5.74, 6) is 0. The van der Waals surface area contributed by atoms with E-state index in [0.717, 1.165) is 0 Å². The highest BCUT2D eigenvalue weighted by Gasteiger charge is 2.09. The average molecular weight is 246 g/mol. The molecule has 0 saturated heterocycles. The first kappa shape index (κ1) is 12.1. The van der Waals surface area contributed by atoms with Gasteiger partial charge in [0.2, 0.25) is 0 Å². The summed E-state index contributed by atoms with van der Waals surface area (Å²) in [6.45, 7) is 0. The Morgan fingerprint density at radius 3 is 2.47 bits per heavy atom. The van der Waals surface area contributed by atoms with Crippen LogP contribution >= 0.6 is 12.4 Å². The lowest BCUT2D eigenvalue weighted by Gasteiger charge is -2.16. The summed E-state index contributed by atoms with van der Waals surface area (Å²) in [4.78, 5) is 4.17. The molecule has 0 amide bonds. The Balaban J connectivity index is 0.00000108. The van der Waals surface area contributed by atoms with Crippen LogP contribution in [0.1, 0.15) is 24.0 Å². The first-order valence-electron chi connectivity index (χ1n) is 5.96. The SMILES string of the molecule is Cl.c1cncc(-c2ccc3c(c2)CCCC3)c1. The minimum absolute atomic E-state index is 0. The highest BCUT2D eigenvalue weighted by atomic mass is 35.5. The van der Waals surface area contributed by atoms with E-state index < -0.39 is 0 Å². The third-order valence-electron chi connectivity index (χ3n) is 3.34. The van der Waals surface area contributed by atoms with Crippen molar-refractivity contribution in [2.75, 3.05) is 0 Å². The van der Waals surface area contributed by atoms with Crippen LogP contribution < -0.4 is 0 Å². The molecule has 0 unspecified atom stereocenters. The standard InChI is InChI=1S/C15H15N.ClH/c1-2-5-13-10-14(8-7-12(13)4-1)15-6-3-9-16-11-15;/h3,6-11H,1-2,4-5H2;1H. The van der Waals surface area contributed by atoms with Crippen LogP contribution in [0.25, 0.3) is 11.1 Å². The summed E-state index contributed by atoms with van der Waals surface area (Å²) in [5, 5.41) is 0. The maximum atomic E-state index is 4.17. The van der Waals surface area contributed by atoms with E-state index in [1.807, 2.05) is 18.5 Å². The molecule has 0 radical (unpaired) electrons. The van der Waals surface area contributed by atoms with Crippen LogP contribution in [0.2, 0.25) is 0 Å². The van der Waals surface area contributed by atoms with Crippen molar-refractivity contribution in [3.63, 3.8) is 0 Å². The van der Waals surface area contributed by atoms with Gasteiger partial charge in [-0.15, -0.1) is 12.4 Å². The number of pyridine rings is 1. The Kier molecular flexibility index (Phi) is 3.80. The largest absolute Gasteiger partial charge is 0.264 e. The van der Waals surface area contributed by atoms with Gasteiger partial charge in [0.1, 0.15) is 0 Å². The van der Waals surface area contributed by atoms with E-state index in [1.54, 1.807) is 5.56 Å². The molecule has 2 aromatic rings. The van der Waals surface area contributed by atoms with Gasteiger partial charge in [0.15, 0.2) is 0 Å². The number of rotatable bonds is 1. The molecule has 88 valence electrons. The number of aromatic nitrogens is 1. The second-order valence-electron chi connectivity index (χ2n) is 4.43. The maximum Gasteiger partial charge on any atom is 0.0346 e. The number of halogens is 1. The molecule has 0 spiro atoms. The smallest absolute Gasteiger partial charge is 0.0346 e. The van der Waals surface area contributed by atoms with Gasteiger partial charge >= 0.3 is 0 Å². The number of hydrogen-bond acceptors (Lipinski definition) is 1. The molecule has 1 heterocycles. The van der Waals surface area contributed by atoms with Gasteiger partial charge in [0.05, 0.1) is 0 Å². The van der Waals surface area contributed by atoms with E-state index >= 15 is 0 Å². The van der Waals surface area contributed by atoms with Crippen molar-refractivity contribution in [1.82, 2.24) is 4.98 Å². The fourth-order valence-electron chi connectivity index (χ4n) is 2.45. The molecule has 0 aliphatic heterocycles. The lowest BCUT2D eigenvalue weighted by Crippen LogP contribution is -2.02. The summed E-state index contributed by atoms with van der Waals surface area (Å²) in [5.41, 5.74) is 5.59. The zero-order valence-corrected chi connectivity index (χ0v) is 10.5. The van der Waals surface area contributed by atoms with Crippen LogP contribution in [-0.4, -0.2) is 4.98 Å². The van der Waals surface area contributed by atoms with Crippen LogP contribution in [0.5, 0.6) is 0 Å². The summed E-state index contributed by atoms with van der Waals surface area (Å²) in [7, 11) is 0. The quantitative estimate of drug-likeness (QED) is 0.739. The fourth-order valence-corrected chi connectivity index (χ4v) is 2.45. The second kappa shape index (κ2) is 5.33. The Labute approximate surface area is 108 Å². The number of nitrogens with zero attached hydrogens (tertiary/aromatic N) is 1. The minimum Gasteiger partial charge on any atom is -0.264 e. The molecule has 17 heavy (non-hydrogen) atoms. The third kappa shape index (κ3) is 2.50. The molecule has 0 saturated carbocycles. The molecule has 3 rings (SSSR count). The first-order chi connectivity index (χ1) is 7.93. The van der Waals surface area contributed by atoms with Gasteiger partial charge in [-0.2, -0.15) is 0 Å². The predicted octanol–water partition coefficient (Wildman–Crippen LogP) is 4.05. The minimum atomic E-state index is 0. The van der Waals surface area contributed by atoms with Gasteiger partial charge in [-0.1, -0.05) is 24.3 Å². The van der Waals surface area contributed by atoms with Crippen LogP contribution in [0.15, 0.2) is 42.7 Å². The van der Waals surface area contributed by atoms with Crippen molar-refractivity contribution < 1.29 is 0 Å². The molecular weight excluding hydrogens is 230 g/mol. The van der Waals surface area contributed by atoms with Crippen LogP contribution in [-0.2, 0) is 12.8 Å². The first-order valence-corrected chi connectivity index (χ1v) is 5.96. The highest BCUT2D eigenvalue weighted by Crippen LogP contribution is 2.26. The third-order valence-corrected chi connectivity index (χ3v) is 3.34. The molecule has 0 fully saturated rings. The van der Waals surface area contributed by atoms with Crippen molar-refractivity contribution in [1.29, 1.82) is 0 Å². The van der Waals surface area contributed by atoms with E-state index in [2.05, 4.69) is 29.2 Å². The predicted molar refractivity (Wildman–Crippen MR) is 73.6 cm³/mol. The summed E-state index contributed by atoms with van der Waals surface area (Å²) in [6.07, 6.45) is 8.93. The monoisotopic (exact) mass is 245 g/mol. The zero-order chi connectivity index (χ0) is 10.8. The van der Waals surface area contributed by atoms with E-state index in [-0.39, 0.29) is 12.4 Å². The van der Waals surface area contributed by atoms with Crippen molar-refractivity contribution in [3.05, 3.63) is 53.9 Å². The maximum absolute atomic E-state index is 4.17. The van der Waals surface area contributed by atoms with Gasteiger partial charge in [-0.25, -0.2) is 0 Å². The molecule has 1 aromatic heterocycles. The number of aryl methyl sites for hydroxylation is 2. The lowest BCUT2D eigenvalue weighted by molar-refractivity contribution is 0.686. The molecule has 1 nitrogen and oxygen atoms in total. The lowest BCUT2D eigenvalue weighted by atomic mass is 9.89. The topological polar surface area (TPSA) is 12.9 Å². The van der Waals surface area contributed by atoms with Crippen molar-refractivity contribution >= 4 is 12.4 Å². The van der Waals surface area contributed by atoms with Gasteiger partial charge in [-0.05, 0) is 54.0 Å². The zero-order valence-electron chi connectivity index (χ0n) is 9.73. The summed E-state index contributed by atoms with van der Waals surface area (Å²) in [6, 6.07) is 11.0. The van der Waals surface area contributed by atoms with E-state index in [4.69, 9.17) is 0 Å². The van der Waals surface area contributed by atoms with Crippen molar-refractivity contribution in [3.8, 4) is 11.1 Å². The Morgan fingerprint density at radius 2 is 1.71 bits per heavy atom. The van der Waals surface area contributed by atoms with Crippen LogP contribution in [0.4, 0.5) is 0 Å². The molecule has 0 atom stereocenters. The van der Waals surface area contributed by atoms with Gasteiger partial charge in [-0.3, -0.25) is 4.98 Å². The molecule has 1 aliphatic carbocycles. The molecule has 1 aliphatic rings. The van der Waals surface area contributed by atoms with E-state index in [9.17, 15) is 0 Å². The normalized spacial score (nSPS) is 13.6. The number of hydrogen-bond donors (Lipinski definition) is 0. The van der Waals surface area contributed by atoms with Gasteiger partial charge < -0.3 is 0 Å². The van der Waals surface area contributed by atoms with Gasteiger partial charge in [0.25, 0.3) is 0 Å². The van der Waals surface area contributed by atoms with Crippen LogP contribution in [0, 0.1) is 0 Å². The van der Waals surface area contributed by atoms with Crippen molar-refractivity contribution in [2.24, 2.45) is 0 Å². The fraction of sp³-hybridized carbons (Fsp3) is 0.267. The molecular formula is C15H16ClN. The number of benzene rings is 1. The summed E-state index contributed by atoms with van der Waals surface area (Å²) >= 11 is 0. The molecule has 2 heteroatoms. The average Bonchev–Trinajstić information content (AvgIpc) is 2.39. The second-order valence-corrected chi connectivity index (χ2v) is 4.43.